The number of likely N-dealkylation sites (N-methyl/N-ethyl adjacent to an activating group) is 1. The van der Waals surface area contributed by atoms with E-state index in [9.17, 15) is 4.79 Å². The minimum absolute atomic E-state index is 0.0741. The van der Waals surface area contributed by atoms with Gasteiger partial charge in [-0.1, -0.05) is 0 Å². The van der Waals surface area contributed by atoms with Crippen molar-refractivity contribution in [1.29, 1.82) is 0 Å². The third kappa shape index (κ3) is 1.93. The van der Waals surface area contributed by atoms with Gasteiger partial charge in [0.15, 0.2) is 6.04 Å². The van der Waals surface area contributed by atoms with Crippen molar-refractivity contribution >= 4 is 5.91 Å². The summed E-state index contributed by atoms with van der Waals surface area (Å²) in [5, 5.41) is 0. The second kappa shape index (κ2) is 2.67. The molecule has 0 aliphatic carbocycles. The lowest BCUT2D eigenvalue weighted by molar-refractivity contribution is -0.399. The zero-order chi connectivity index (χ0) is 6.73. The molecule has 0 bridgehead atoms. The molecule has 0 aliphatic rings. The Balaban J connectivity index is 3.65. The van der Waals surface area contributed by atoms with Gasteiger partial charge in [-0.15, -0.1) is 0 Å². The van der Waals surface area contributed by atoms with Crippen LogP contribution in [0, 0.1) is 0 Å². The van der Waals surface area contributed by atoms with E-state index in [0.29, 0.717) is 0 Å². The highest BCUT2D eigenvalue weighted by molar-refractivity contribution is 5.79. The lowest BCUT2D eigenvalue weighted by Crippen LogP contribution is -2.65. The van der Waals surface area contributed by atoms with Gasteiger partial charge < -0.3 is 10.6 Å². The maximum Gasteiger partial charge on any atom is 0.279 e. The van der Waals surface area contributed by atoms with E-state index in [-0.39, 0.29) is 11.9 Å². The molecule has 0 unspecified atom stereocenters. The Kier molecular flexibility index (Phi) is 2.48. The van der Waals surface area contributed by atoms with Gasteiger partial charge >= 0.3 is 0 Å². The lowest BCUT2D eigenvalue weighted by atomic mass is 10.3. The summed E-state index contributed by atoms with van der Waals surface area (Å²) in [6.07, 6.45) is 0. The lowest BCUT2D eigenvalue weighted by Gasteiger charge is -2.09. The van der Waals surface area contributed by atoms with E-state index < -0.39 is 0 Å². The van der Waals surface area contributed by atoms with Crippen LogP contribution in [-0.2, 0) is 4.79 Å². The number of nitrogens with zero attached hydrogens (tertiary/aromatic N) is 1. The normalized spacial score (nSPS) is 13.0. The van der Waals surface area contributed by atoms with Gasteiger partial charge in [-0.05, 0) is 6.92 Å². The van der Waals surface area contributed by atoms with Crippen LogP contribution in [0.5, 0.6) is 0 Å². The van der Waals surface area contributed by atoms with Crippen molar-refractivity contribution in [2.75, 3.05) is 14.1 Å². The quantitative estimate of drug-likeness (QED) is 0.456. The van der Waals surface area contributed by atoms with E-state index >= 15 is 0 Å². The molecular formula is C5H13N2O+. The Morgan fingerprint density at radius 1 is 1.62 bits per heavy atom. The standard InChI is InChI=1S/C5H12N2O/c1-4(6)5(8)7(2)3/h4H,6H2,1-3H3/p+1/t4-/m0/s1. The highest BCUT2D eigenvalue weighted by Crippen LogP contribution is 1.79. The van der Waals surface area contributed by atoms with Gasteiger partial charge in [0, 0.05) is 14.1 Å². The van der Waals surface area contributed by atoms with Crippen molar-refractivity contribution in [1.82, 2.24) is 4.90 Å². The number of carbonyl (C=O) groups is 1. The van der Waals surface area contributed by atoms with E-state index in [2.05, 4.69) is 5.73 Å². The largest absolute Gasteiger partial charge is 0.348 e. The van der Waals surface area contributed by atoms with Crippen LogP contribution in [0.2, 0.25) is 0 Å². The number of quaternary nitrogens is 1. The average Bonchev–Trinajstić information content (AvgIpc) is 1.64. The number of carbonyl (C=O) groups excluding carboxylic acids is 1. The van der Waals surface area contributed by atoms with Crippen LogP contribution in [0.4, 0.5) is 0 Å². The number of amides is 1. The highest BCUT2D eigenvalue weighted by Gasteiger charge is 2.11. The fourth-order valence-electron chi connectivity index (χ4n) is 0.441. The van der Waals surface area contributed by atoms with Crippen LogP contribution >= 0.6 is 0 Å². The number of rotatable bonds is 1. The molecule has 0 spiro atoms. The number of hydrogen-bond donors (Lipinski definition) is 1. The number of hydrogen-bond acceptors (Lipinski definition) is 1. The molecule has 0 saturated carbocycles. The first-order valence-electron chi connectivity index (χ1n) is 2.60. The zero-order valence-corrected chi connectivity index (χ0v) is 5.64. The van der Waals surface area contributed by atoms with Gasteiger partial charge in [-0.2, -0.15) is 0 Å². The predicted molar refractivity (Wildman–Crippen MR) is 31.0 cm³/mol. The summed E-state index contributed by atoms with van der Waals surface area (Å²) >= 11 is 0. The molecule has 3 nitrogen and oxygen atoms in total. The van der Waals surface area contributed by atoms with Crippen molar-refractivity contribution < 1.29 is 10.5 Å². The zero-order valence-electron chi connectivity index (χ0n) is 5.64. The van der Waals surface area contributed by atoms with Crippen molar-refractivity contribution in [3.63, 3.8) is 0 Å². The molecule has 0 heterocycles. The minimum Gasteiger partial charge on any atom is -0.348 e. The molecule has 1 atom stereocenters. The summed E-state index contributed by atoms with van der Waals surface area (Å²) in [5.74, 6) is 0.0741. The maximum atomic E-state index is 10.7. The molecule has 0 aromatic heterocycles. The third-order valence-corrected chi connectivity index (χ3v) is 0.862. The van der Waals surface area contributed by atoms with Gasteiger partial charge in [-0.3, -0.25) is 4.79 Å². The van der Waals surface area contributed by atoms with Gasteiger partial charge in [0.2, 0.25) is 0 Å². The smallest absolute Gasteiger partial charge is 0.279 e. The summed E-state index contributed by atoms with van der Waals surface area (Å²) in [6.45, 7) is 1.78. The van der Waals surface area contributed by atoms with Crippen LogP contribution in [0.1, 0.15) is 6.92 Å². The summed E-state index contributed by atoms with van der Waals surface area (Å²) in [4.78, 5) is 12.2. The molecule has 0 fully saturated rings. The Labute approximate surface area is 49.5 Å². The first kappa shape index (κ1) is 7.43. The minimum atomic E-state index is -0.120. The van der Waals surface area contributed by atoms with E-state index in [0.717, 1.165) is 0 Å². The first-order valence-corrected chi connectivity index (χ1v) is 2.60. The summed E-state index contributed by atoms with van der Waals surface area (Å²) in [6, 6.07) is -0.120. The Hall–Kier alpha value is -0.570. The highest BCUT2D eigenvalue weighted by atomic mass is 16.2. The molecule has 1 amide bonds. The molecule has 0 aromatic carbocycles. The van der Waals surface area contributed by atoms with Gasteiger partial charge in [-0.25, -0.2) is 0 Å². The second-order valence-corrected chi connectivity index (χ2v) is 2.13. The molecule has 3 N–H and O–H groups in total. The molecular weight excluding hydrogens is 104 g/mol. The van der Waals surface area contributed by atoms with E-state index in [4.69, 9.17) is 0 Å². The predicted octanol–water partition coefficient (Wildman–Crippen LogP) is -1.29. The Morgan fingerprint density at radius 3 is 2.00 bits per heavy atom. The van der Waals surface area contributed by atoms with Crippen molar-refractivity contribution in [2.45, 2.75) is 13.0 Å². The van der Waals surface area contributed by atoms with Gasteiger partial charge in [0.05, 0.1) is 0 Å². The van der Waals surface area contributed by atoms with Gasteiger partial charge in [0.1, 0.15) is 0 Å². The first-order chi connectivity index (χ1) is 3.55. The van der Waals surface area contributed by atoms with Crippen LogP contribution in [0.15, 0.2) is 0 Å². The molecule has 48 valence electrons. The van der Waals surface area contributed by atoms with Crippen molar-refractivity contribution in [3.05, 3.63) is 0 Å². The maximum absolute atomic E-state index is 10.7. The van der Waals surface area contributed by atoms with E-state index in [1.165, 1.54) is 4.90 Å². The van der Waals surface area contributed by atoms with Crippen LogP contribution < -0.4 is 5.73 Å². The molecule has 0 radical (unpaired) electrons. The topological polar surface area (TPSA) is 48.0 Å². The summed E-state index contributed by atoms with van der Waals surface area (Å²) in [5.41, 5.74) is 3.57. The fraction of sp³-hybridized carbons (Fsp3) is 0.800. The molecule has 0 aliphatic heterocycles. The summed E-state index contributed by atoms with van der Waals surface area (Å²) < 4.78 is 0. The van der Waals surface area contributed by atoms with Crippen LogP contribution in [-0.4, -0.2) is 30.9 Å². The monoisotopic (exact) mass is 117 g/mol. The third-order valence-electron chi connectivity index (χ3n) is 0.862. The Morgan fingerprint density at radius 2 is 2.00 bits per heavy atom. The van der Waals surface area contributed by atoms with Crippen molar-refractivity contribution in [2.24, 2.45) is 0 Å². The Bertz CT molecular complexity index is 78.4. The summed E-state index contributed by atoms with van der Waals surface area (Å²) in [7, 11) is 3.45. The fourth-order valence-corrected chi connectivity index (χ4v) is 0.441. The molecule has 3 heteroatoms. The van der Waals surface area contributed by atoms with Crippen LogP contribution in [0.3, 0.4) is 0 Å². The van der Waals surface area contributed by atoms with E-state index in [1.54, 1.807) is 21.0 Å². The molecule has 0 aromatic rings. The second-order valence-electron chi connectivity index (χ2n) is 2.13. The SMILES string of the molecule is C[C@H]([NH3+])C(=O)N(C)C. The van der Waals surface area contributed by atoms with E-state index in [1.807, 2.05) is 0 Å². The molecule has 0 rings (SSSR count). The molecule has 0 saturated heterocycles. The van der Waals surface area contributed by atoms with Gasteiger partial charge in [0.25, 0.3) is 5.91 Å². The van der Waals surface area contributed by atoms with Crippen molar-refractivity contribution in [3.8, 4) is 0 Å². The molecule has 8 heavy (non-hydrogen) atoms. The average molecular weight is 117 g/mol. The van der Waals surface area contributed by atoms with Crippen LogP contribution in [0.25, 0.3) is 0 Å².